The van der Waals surface area contributed by atoms with E-state index in [-0.39, 0.29) is 5.91 Å². The first-order chi connectivity index (χ1) is 10.4. The lowest BCUT2D eigenvalue weighted by Gasteiger charge is -2.18. The number of hydrogen-bond acceptors (Lipinski definition) is 5. The maximum absolute atomic E-state index is 11.9. The zero-order valence-corrected chi connectivity index (χ0v) is 14.1. The molecule has 128 valence electrons. The van der Waals surface area contributed by atoms with E-state index in [1.165, 1.54) is 0 Å². The second-order valence-electron chi connectivity index (χ2n) is 5.10. The van der Waals surface area contributed by atoms with Crippen molar-refractivity contribution in [2.45, 2.75) is 50.3 Å². The van der Waals surface area contributed by atoms with Gasteiger partial charge in [0.15, 0.2) is 0 Å². The second-order valence-corrected chi connectivity index (χ2v) is 6.38. The molecule has 0 radical (unpaired) electrons. The van der Waals surface area contributed by atoms with Gasteiger partial charge in [0.05, 0.1) is 0 Å². The fraction of sp³-hybridized carbons (Fsp3) is 0.786. The number of rotatable bonds is 12. The lowest BCUT2D eigenvalue weighted by molar-refractivity contribution is -0.138. The highest BCUT2D eigenvalue weighted by Crippen LogP contribution is 2.11. The molecular formula is C14H27N3O4S. The molecular weight excluding hydrogens is 306 g/mol. The predicted octanol–water partition coefficient (Wildman–Crippen LogP) is 0.333. The van der Waals surface area contributed by atoms with Crippen LogP contribution in [0, 0.1) is 0 Å². The number of amides is 2. The molecule has 0 fully saturated rings. The van der Waals surface area contributed by atoms with Crippen molar-refractivity contribution in [3.8, 4) is 0 Å². The van der Waals surface area contributed by atoms with Crippen LogP contribution >= 0.6 is 11.8 Å². The Labute approximate surface area is 135 Å². The maximum atomic E-state index is 11.9. The van der Waals surface area contributed by atoms with Crippen LogP contribution in [0.3, 0.4) is 0 Å². The first-order valence-corrected chi connectivity index (χ1v) is 8.71. The summed E-state index contributed by atoms with van der Waals surface area (Å²) in [5, 5.41) is 14.0. The Morgan fingerprint density at radius 1 is 1.23 bits per heavy atom. The lowest BCUT2D eigenvalue weighted by Crippen LogP contribution is -2.47. The number of carboxylic acids is 1. The quantitative estimate of drug-likeness (QED) is 0.382. The highest BCUT2D eigenvalue weighted by atomic mass is 32.2. The number of carbonyl (C=O) groups excluding carboxylic acids is 2. The molecule has 0 aromatic heterocycles. The van der Waals surface area contributed by atoms with Crippen LogP contribution in [0.25, 0.3) is 0 Å². The van der Waals surface area contributed by atoms with Gasteiger partial charge in [-0.25, -0.2) is 0 Å². The van der Waals surface area contributed by atoms with Gasteiger partial charge in [0.1, 0.15) is 12.6 Å². The molecule has 2 atom stereocenters. The Kier molecular flexibility index (Phi) is 11.6. The number of thioether (sulfide) groups is 1. The van der Waals surface area contributed by atoms with Crippen molar-refractivity contribution < 1.29 is 19.5 Å². The van der Waals surface area contributed by atoms with E-state index in [0.29, 0.717) is 31.1 Å². The minimum absolute atomic E-state index is 0.191. The zero-order valence-electron chi connectivity index (χ0n) is 13.3. The molecule has 22 heavy (non-hydrogen) atoms. The molecule has 0 spiro atoms. The third-order valence-electron chi connectivity index (χ3n) is 3.19. The van der Waals surface area contributed by atoms with Crippen LogP contribution in [0.15, 0.2) is 0 Å². The van der Waals surface area contributed by atoms with E-state index in [1.807, 2.05) is 13.2 Å². The molecule has 0 aromatic rings. The molecule has 5 N–H and O–H groups in total. The Morgan fingerprint density at radius 3 is 2.45 bits per heavy atom. The van der Waals surface area contributed by atoms with E-state index in [1.54, 1.807) is 11.8 Å². The van der Waals surface area contributed by atoms with Gasteiger partial charge in [-0.15, -0.1) is 0 Å². The van der Waals surface area contributed by atoms with Crippen LogP contribution < -0.4 is 16.4 Å². The van der Waals surface area contributed by atoms with E-state index >= 15 is 0 Å². The Balaban J connectivity index is 4.40. The number of carboxylic acid groups (broad SMARTS) is 1. The summed E-state index contributed by atoms with van der Waals surface area (Å²) in [5.74, 6) is -1.77. The molecule has 2 amide bonds. The molecule has 7 nitrogen and oxygen atoms in total. The van der Waals surface area contributed by atoms with Crippen LogP contribution in [-0.4, -0.2) is 53.5 Å². The summed E-state index contributed by atoms with van der Waals surface area (Å²) in [7, 11) is 0. The highest BCUT2D eigenvalue weighted by molar-refractivity contribution is 7.99. The molecule has 0 aliphatic carbocycles. The Morgan fingerprint density at radius 2 is 1.91 bits per heavy atom. The third kappa shape index (κ3) is 10.4. The number of nitrogens with one attached hydrogen (secondary N) is 2. The predicted molar refractivity (Wildman–Crippen MR) is 87.7 cm³/mol. The van der Waals surface area contributed by atoms with E-state index in [2.05, 4.69) is 10.6 Å². The summed E-state index contributed by atoms with van der Waals surface area (Å²) in [4.78, 5) is 34.4. The standard InChI is InChI=1S/C14H27N3O4S/c1-10(22-2)6-7-12(18)17-11(5-3-4-8-15)14(21)16-9-13(19)20/h10-11H,3-9,15H2,1-2H3,(H,16,21)(H,17,18)(H,19,20). The van der Waals surface area contributed by atoms with E-state index < -0.39 is 24.5 Å². The van der Waals surface area contributed by atoms with Crippen molar-refractivity contribution in [1.82, 2.24) is 10.6 Å². The van der Waals surface area contributed by atoms with E-state index in [9.17, 15) is 14.4 Å². The number of unbranched alkanes of at least 4 members (excludes halogenated alkanes) is 1. The summed E-state index contributed by atoms with van der Waals surface area (Å²) in [6.45, 7) is 2.10. The van der Waals surface area contributed by atoms with Crippen LogP contribution in [0.4, 0.5) is 0 Å². The Hall–Kier alpha value is -1.28. The molecule has 0 aromatic carbocycles. The molecule has 0 bridgehead atoms. The van der Waals surface area contributed by atoms with Crippen molar-refractivity contribution in [1.29, 1.82) is 0 Å². The van der Waals surface area contributed by atoms with Crippen molar-refractivity contribution >= 4 is 29.5 Å². The number of nitrogens with two attached hydrogens (primary N) is 1. The van der Waals surface area contributed by atoms with Crippen LogP contribution in [0.1, 0.15) is 39.0 Å². The minimum Gasteiger partial charge on any atom is -0.480 e. The van der Waals surface area contributed by atoms with E-state index in [0.717, 1.165) is 12.8 Å². The van der Waals surface area contributed by atoms with Gasteiger partial charge in [-0.1, -0.05) is 6.92 Å². The van der Waals surface area contributed by atoms with Crippen molar-refractivity contribution in [3.63, 3.8) is 0 Å². The highest BCUT2D eigenvalue weighted by Gasteiger charge is 2.20. The lowest BCUT2D eigenvalue weighted by atomic mass is 10.1. The van der Waals surface area contributed by atoms with Gasteiger partial charge >= 0.3 is 5.97 Å². The summed E-state index contributed by atoms with van der Waals surface area (Å²) >= 11 is 1.68. The number of carbonyl (C=O) groups is 3. The van der Waals surface area contributed by atoms with Gasteiger partial charge in [0, 0.05) is 11.7 Å². The van der Waals surface area contributed by atoms with Gasteiger partial charge in [-0.2, -0.15) is 11.8 Å². The third-order valence-corrected chi connectivity index (χ3v) is 4.23. The number of hydrogen-bond donors (Lipinski definition) is 4. The molecule has 0 heterocycles. The monoisotopic (exact) mass is 333 g/mol. The zero-order chi connectivity index (χ0) is 17.0. The topological polar surface area (TPSA) is 122 Å². The normalized spacial score (nSPS) is 13.2. The van der Waals surface area contributed by atoms with Crippen molar-refractivity contribution in [2.75, 3.05) is 19.3 Å². The van der Waals surface area contributed by atoms with Gasteiger partial charge in [0.25, 0.3) is 0 Å². The van der Waals surface area contributed by atoms with Gasteiger partial charge < -0.3 is 21.5 Å². The summed E-state index contributed by atoms with van der Waals surface area (Å²) in [5.41, 5.74) is 5.42. The molecule has 0 rings (SSSR count). The molecule has 0 aliphatic rings. The van der Waals surface area contributed by atoms with Crippen molar-refractivity contribution in [3.05, 3.63) is 0 Å². The minimum atomic E-state index is -1.12. The average molecular weight is 333 g/mol. The molecule has 2 unspecified atom stereocenters. The fourth-order valence-electron chi connectivity index (χ4n) is 1.77. The van der Waals surface area contributed by atoms with Gasteiger partial charge in [-0.05, 0) is 38.5 Å². The van der Waals surface area contributed by atoms with Crippen LogP contribution in [0.5, 0.6) is 0 Å². The maximum Gasteiger partial charge on any atom is 0.322 e. The average Bonchev–Trinajstić information content (AvgIpc) is 2.49. The molecule has 8 heteroatoms. The van der Waals surface area contributed by atoms with Gasteiger partial charge in [0.2, 0.25) is 11.8 Å². The SMILES string of the molecule is CSC(C)CCC(=O)NC(CCCCN)C(=O)NCC(=O)O. The van der Waals surface area contributed by atoms with Crippen LogP contribution in [0.2, 0.25) is 0 Å². The first kappa shape index (κ1) is 20.7. The Bertz CT molecular complexity index is 366. The largest absolute Gasteiger partial charge is 0.480 e. The first-order valence-electron chi connectivity index (χ1n) is 7.42. The molecule has 0 saturated carbocycles. The molecule has 0 saturated heterocycles. The van der Waals surface area contributed by atoms with Crippen molar-refractivity contribution in [2.24, 2.45) is 5.73 Å². The smallest absolute Gasteiger partial charge is 0.322 e. The number of aliphatic carboxylic acids is 1. The van der Waals surface area contributed by atoms with Crippen LogP contribution in [-0.2, 0) is 14.4 Å². The summed E-state index contributed by atoms with van der Waals surface area (Å²) < 4.78 is 0. The second kappa shape index (κ2) is 12.3. The fourth-order valence-corrected chi connectivity index (χ4v) is 2.12. The summed E-state index contributed by atoms with van der Waals surface area (Å²) in [6, 6.07) is -0.706. The molecule has 0 aliphatic heterocycles. The summed E-state index contributed by atoms with van der Waals surface area (Å²) in [6.07, 6.45) is 4.97. The van der Waals surface area contributed by atoms with E-state index in [4.69, 9.17) is 10.8 Å². The van der Waals surface area contributed by atoms with Gasteiger partial charge in [-0.3, -0.25) is 14.4 Å².